The van der Waals surface area contributed by atoms with Gasteiger partial charge in [0, 0.05) is 18.5 Å². The van der Waals surface area contributed by atoms with E-state index in [4.69, 9.17) is 9.52 Å². The summed E-state index contributed by atoms with van der Waals surface area (Å²) in [7, 11) is 0. The van der Waals surface area contributed by atoms with Crippen molar-refractivity contribution in [3.8, 4) is 0 Å². The number of carbonyl (C=O) groups excluding carboxylic acids is 1. The Morgan fingerprint density at radius 1 is 1.32 bits per heavy atom. The fourth-order valence-corrected chi connectivity index (χ4v) is 2.46. The first-order chi connectivity index (χ1) is 9.16. The number of fused-ring (bicyclic) bond motifs is 1. The lowest BCUT2D eigenvalue weighted by Crippen LogP contribution is -2.29. The fourth-order valence-electron chi connectivity index (χ4n) is 2.46. The molecule has 1 amide bonds. The summed E-state index contributed by atoms with van der Waals surface area (Å²) >= 11 is 0. The van der Waals surface area contributed by atoms with Gasteiger partial charge in [0.1, 0.15) is 11.8 Å². The predicted molar refractivity (Wildman–Crippen MR) is 67.9 cm³/mol. The van der Waals surface area contributed by atoms with Gasteiger partial charge in [-0.15, -0.1) is 0 Å². The second kappa shape index (κ2) is 4.42. The minimum Gasteiger partial charge on any atom is -0.481 e. The molecule has 0 bridgehead atoms. The lowest BCUT2D eigenvalue weighted by Gasteiger charge is -2.14. The van der Waals surface area contributed by atoms with E-state index >= 15 is 0 Å². The highest BCUT2D eigenvalue weighted by molar-refractivity contribution is 6.06. The molecule has 1 fully saturated rings. The number of rotatable bonds is 2. The summed E-state index contributed by atoms with van der Waals surface area (Å²) < 4.78 is 5.34. The van der Waals surface area contributed by atoms with Crippen molar-refractivity contribution >= 4 is 22.8 Å². The minimum atomic E-state index is -0.840. The van der Waals surface area contributed by atoms with Gasteiger partial charge in [-0.25, -0.2) is 0 Å². The molecule has 5 heteroatoms. The highest BCUT2D eigenvalue weighted by Crippen LogP contribution is 2.25. The topological polar surface area (TPSA) is 70.8 Å². The van der Waals surface area contributed by atoms with Crippen molar-refractivity contribution in [2.75, 3.05) is 13.1 Å². The third-order valence-electron chi connectivity index (χ3n) is 3.54. The van der Waals surface area contributed by atoms with Crippen molar-refractivity contribution < 1.29 is 19.1 Å². The van der Waals surface area contributed by atoms with Crippen molar-refractivity contribution in [2.24, 2.45) is 5.92 Å². The number of para-hydroxylation sites is 1. The summed E-state index contributed by atoms with van der Waals surface area (Å²) in [6.45, 7) is 0.753. The van der Waals surface area contributed by atoms with Crippen LogP contribution in [0, 0.1) is 5.92 Å². The number of amides is 1. The maximum Gasteiger partial charge on any atom is 0.308 e. The Hall–Kier alpha value is -2.30. The summed E-state index contributed by atoms with van der Waals surface area (Å²) in [5.74, 6) is -1.46. The predicted octanol–water partition coefficient (Wildman–Crippen LogP) is 1.98. The van der Waals surface area contributed by atoms with Crippen LogP contribution >= 0.6 is 0 Å². The summed E-state index contributed by atoms with van der Waals surface area (Å²) in [6, 6.07) is 7.32. The van der Waals surface area contributed by atoms with E-state index in [1.807, 2.05) is 18.2 Å². The molecule has 0 aliphatic carbocycles. The summed E-state index contributed by atoms with van der Waals surface area (Å²) in [6.07, 6.45) is 1.96. The van der Waals surface area contributed by atoms with Gasteiger partial charge in [0.15, 0.2) is 0 Å². The average Bonchev–Trinajstić information content (AvgIpc) is 3.05. The Bertz CT molecular complexity index is 646. The van der Waals surface area contributed by atoms with Gasteiger partial charge in [0.2, 0.25) is 0 Å². The van der Waals surface area contributed by atoms with Crippen molar-refractivity contribution in [2.45, 2.75) is 6.42 Å². The van der Waals surface area contributed by atoms with Crippen LogP contribution in [0.25, 0.3) is 11.0 Å². The number of carbonyl (C=O) groups is 2. The van der Waals surface area contributed by atoms with E-state index in [0.717, 1.165) is 5.39 Å². The van der Waals surface area contributed by atoms with Crippen molar-refractivity contribution in [1.29, 1.82) is 0 Å². The fraction of sp³-hybridized carbons (Fsp3) is 0.286. The Labute approximate surface area is 109 Å². The van der Waals surface area contributed by atoms with Gasteiger partial charge < -0.3 is 14.4 Å². The zero-order valence-corrected chi connectivity index (χ0v) is 10.2. The van der Waals surface area contributed by atoms with Crippen molar-refractivity contribution in [3.63, 3.8) is 0 Å². The van der Waals surface area contributed by atoms with Crippen LogP contribution in [0.1, 0.15) is 16.8 Å². The maximum absolute atomic E-state index is 12.4. The summed E-state index contributed by atoms with van der Waals surface area (Å²) in [4.78, 5) is 24.9. The van der Waals surface area contributed by atoms with Crippen LogP contribution in [-0.2, 0) is 4.79 Å². The van der Waals surface area contributed by atoms with Gasteiger partial charge >= 0.3 is 5.97 Å². The molecular formula is C14H13NO4. The van der Waals surface area contributed by atoms with Gasteiger partial charge in [-0.3, -0.25) is 9.59 Å². The van der Waals surface area contributed by atoms with Crippen LogP contribution in [-0.4, -0.2) is 35.0 Å². The van der Waals surface area contributed by atoms with E-state index in [0.29, 0.717) is 24.1 Å². The number of likely N-dealkylation sites (tertiary alicyclic amines) is 1. The number of furan rings is 1. The number of hydrogen-bond acceptors (Lipinski definition) is 3. The van der Waals surface area contributed by atoms with Gasteiger partial charge in [-0.1, -0.05) is 18.2 Å². The Balaban J connectivity index is 1.87. The maximum atomic E-state index is 12.4. The van der Waals surface area contributed by atoms with E-state index in [1.165, 1.54) is 6.26 Å². The van der Waals surface area contributed by atoms with E-state index < -0.39 is 11.9 Å². The molecule has 0 radical (unpaired) electrons. The van der Waals surface area contributed by atoms with Crippen LogP contribution in [0.15, 0.2) is 34.9 Å². The molecule has 1 saturated heterocycles. The van der Waals surface area contributed by atoms with Crippen LogP contribution < -0.4 is 0 Å². The molecule has 19 heavy (non-hydrogen) atoms. The highest BCUT2D eigenvalue weighted by Gasteiger charge is 2.32. The molecule has 5 nitrogen and oxygen atoms in total. The van der Waals surface area contributed by atoms with Crippen LogP contribution in [0.3, 0.4) is 0 Å². The number of carboxylic acid groups (broad SMARTS) is 1. The van der Waals surface area contributed by atoms with Crippen molar-refractivity contribution in [1.82, 2.24) is 4.90 Å². The first-order valence-electron chi connectivity index (χ1n) is 6.15. The molecular weight excluding hydrogens is 246 g/mol. The number of benzene rings is 1. The standard InChI is InChI=1S/C14H13NO4/c16-13(15-6-5-9(7-15)14(17)18)11-8-19-12-4-2-1-3-10(11)12/h1-4,8-9H,5-7H2,(H,17,18). The van der Waals surface area contributed by atoms with E-state index in [2.05, 4.69) is 0 Å². The normalized spacial score (nSPS) is 18.9. The Morgan fingerprint density at radius 3 is 2.84 bits per heavy atom. The second-order valence-electron chi connectivity index (χ2n) is 4.72. The lowest BCUT2D eigenvalue weighted by molar-refractivity contribution is -0.141. The van der Waals surface area contributed by atoms with E-state index in [-0.39, 0.29) is 12.5 Å². The molecule has 2 aromatic rings. The molecule has 2 heterocycles. The molecule has 0 spiro atoms. The summed E-state index contributed by atoms with van der Waals surface area (Å²) in [5, 5.41) is 9.73. The highest BCUT2D eigenvalue weighted by atomic mass is 16.4. The zero-order chi connectivity index (χ0) is 13.4. The second-order valence-corrected chi connectivity index (χ2v) is 4.72. The van der Waals surface area contributed by atoms with Gasteiger partial charge in [-0.05, 0) is 12.5 Å². The number of hydrogen-bond donors (Lipinski definition) is 1. The zero-order valence-electron chi connectivity index (χ0n) is 10.2. The quantitative estimate of drug-likeness (QED) is 0.895. The number of carboxylic acids is 1. The smallest absolute Gasteiger partial charge is 0.308 e. The largest absolute Gasteiger partial charge is 0.481 e. The van der Waals surface area contributed by atoms with Crippen LogP contribution in [0.5, 0.6) is 0 Å². The molecule has 1 unspecified atom stereocenters. The van der Waals surface area contributed by atoms with Gasteiger partial charge in [0.25, 0.3) is 5.91 Å². The number of nitrogens with zero attached hydrogens (tertiary/aromatic N) is 1. The van der Waals surface area contributed by atoms with Crippen LogP contribution in [0.2, 0.25) is 0 Å². The van der Waals surface area contributed by atoms with Gasteiger partial charge in [-0.2, -0.15) is 0 Å². The Morgan fingerprint density at radius 2 is 2.11 bits per heavy atom. The van der Waals surface area contributed by atoms with Gasteiger partial charge in [0.05, 0.1) is 11.5 Å². The van der Waals surface area contributed by atoms with Crippen LogP contribution in [0.4, 0.5) is 0 Å². The third kappa shape index (κ3) is 1.97. The first kappa shape index (κ1) is 11.8. The summed E-state index contributed by atoms with van der Waals surface area (Å²) in [5.41, 5.74) is 1.17. The molecule has 98 valence electrons. The molecule has 1 aromatic carbocycles. The molecule has 1 N–H and O–H groups in total. The molecule has 0 saturated carbocycles. The molecule has 1 aliphatic rings. The third-order valence-corrected chi connectivity index (χ3v) is 3.54. The van der Waals surface area contributed by atoms with E-state index in [9.17, 15) is 9.59 Å². The Kier molecular flexibility index (Phi) is 2.74. The lowest BCUT2D eigenvalue weighted by atomic mass is 10.1. The average molecular weight is 259 g/mol. The minimum absolute atomic E-state index is 0.159. The monoisotopic (exact) mass is 259 g/mol. The molecule has 1 aliphatic heterocycles. The van der Waals surface area contributed by atoms with Crippen molar-refractivity contribution in [3.05, 3.63) is 36.1 Å². The molecule has 1 aromatic heterocycles. The molecule has 3 rings (SSSR count). The molecule has 1 atom stereocenters. The van der Waals surface area contributed by atoms with E-state index in [1.54, 1.807) is 11.0 Å². The number of aliphatic carboxylic acids is 1. The SMILES string of the molecule is O=C(O)C1CCN(C(=O)c2coc3ccccc23)C1. The first-order valence-corrected chi connectivity index (χ1v) is 6.15.